The van der Waals surface area contributed by atoms with Gasteiger partial charge in [0.25, 0.3) is 5.91 Å². The van der Waals surface area contributed by atoms with E-state index < -0.39 is 0 Å². The zero-order valence-electron chi connectivity index (χ0n) is 15.9. The number of para-hydroxylation sites is 1. The highest BCUT2D eigenvalue weighted by Gasteiger charge is 2.22. The highest BCUT2D eigenvalue weighted by Crippen LogP contribution is 2.33. The van der Waals surface area contributed by atoms with Gasteiger partial charge < -0.3 is 9.80 Å². The maximum absolute atomic E-state index is 13.2. The second-order valence-electron chi connectivity index (χ2n) is 6.78. The van der Waals surface area contributed by atoms with Crippen molar-refractivity contribution in [2.24, 2.45) is 0 Å². The molecule has 27 heavy (non-hydrogen) atoms. The lowest BCUT2D eigenvalue weighted by atomic mass is 10.1. The number of hydrogen-bond acceptors (Lipinski definition) is 5. The van der Waals surface area contributed by atoms with Gasteiger partial charge in [0.2, 0.25) is 0 Å². The average Bonchev–Trinajstić information content (AvgIpc) is 3.07. The summed E-state index contributed by atoms with van der Waals surface area (Å²) >= 11 is 7.76. The zero-order valence-corrected chi connectivity index (χ0v) is 17.5. The summed E-state index contributed by atoms with van der Waals surface area (Å²) in [6.45, 7) is 1.30. The number of benzene rings is 2. The monoisotopic (exact) mass is 402 g/mol. The standard InChI is InChI=1S/C20H23ClN4OS/c1-23(2)12-13-25(19(26)14-8-10-15(11-9-14)24(3)4)20-22-18-16(21)6-5-7-17(18)27-20/h5-11H,12-13H2,1-4H3. The minimum absolute atomic E-state index is 0.0580. The van der Waals surface area contributed by atoms with Gasteiger partial charge in [0.1, 0.15) is 5.52 Å². The van der Waals surface area contributed by atoms with Crippen LogP contribution in [-0.2, 0) is 0 Å². The Labute approximate surface area is 168 Å². The predicted molar refractivity (Wildman–Crippen MR) is 116 cm³/mol. The minimum atomic E-state index is -0.0580. The summed E-state index contributed by atoms with van der Waals surface area (Å²) in [4.78, 5) is 23.7. The van der Waals surface area contributed by atoms with Crippen molar-refractivity contribution < 1.29 is 4.79 Å². The van der Waals surface area contributed by atoms with Gasteiger partial charge in [-0.3, -0.25) is 9.69 Å². The molecule has 0 aliphatic rings. The molecular weight excluding hydrogens is 380 g/mol. The van der Waals surface area contributed by atoms with Gasteiger partial charge in [-0.2, -0.15) is 0 Å². The van der Waals surface area contributed by atoms with Crippen LogP contribution in [0.1, 0.15) is 10.4 Å². The minimum Gasteiger partial charge on any atom is -0.378 e. The van der Waals surface area contributed by atoms with Crippen molar-refractivity contribution in [3.05, 3.63) is 53.1 Å². The van der Waals surface area contributed by atoms with Gasteiger partial charge in [-0.25, -0.2) is 4.98 Å². The number of anilines is 2. The van der Waals surface area contributed by atoms with Crippen molar-refractivity contribution in [3.63, 3.8) is 0 Å². The van der Waals surface area contributed by atoms with E-state index >= 15 is 0 Å². The molecular formula is C20H23ClN4OS. The van der Waals surface area contributed by atoms with E-state index in [0.29, 0.717) is 22.3 Å². The van der Waals surface area contributed by atoms with Crippen molar-refractivity contribution in [2.45, 2.75) is 0 Å². The van der Waals surface area contributed by atoms with E-state index in [4.69, 9.17) is 11.6 Å². The van der Waals surface area contributed by atoms with Crippen LogP contribution in [0.25, 0.3) is 10.2 Å². The van der Waals surface area contributed by atoms with Crippen molar-refractivity contribution in [1.29, 1.82) is 0 Å². The van der Waals surface area contributed by atoms with Crippen LogP contribution in [0, 0.1) is 0 Å². The predicted octanol–water partition coefficient (Wildman–Crippen LogP) is 4.22. The molecule has 7 heteroatoms. The lowest BCUT2D eigenvalue weighted by Gasteiger charge is -2.22. The molecule has 0 fully saturated rings. The fourth-order valence-electron chi connectivity index (χ4n) is 2.66. The molecule has 3 rings (SSSR count). The van der Waals surface area contributed by atoms with Crippen LogP contribution in [0.15, 0.2) is 42.5 Å². The molecule has 0 atom stereocenters. The first-order valence-corrected chi connectivity index (χ1v) is 9.85. The molecule has 0 N–H and O–H groups in total. The van der Waals surface area contributed by atoms with E-state index in [2.05, 4.69) is 9.88 Å². The van der Waals surface area contributed by atoms with Crippen LogP contribution in [0.3, 0.4) is 0 Å². The van der Waals surface area contributed by atoms with E-state index in [1.54, 1.807) is 4.90 Å². The normalized spacial score (nSPS) is 11.2. The molecule has 142 valence electrons. The summed E-state index contributed by atoms with van der Waals surface area (Å²) in [7, 11) is 7.93. The van der Waals surface area contributed by atoms with E-state index in [0.717, 1.165) is 22.4 Å². The SMILES string of the molecule is CN(C)CCN(C(=O)c1ccc(N(C)C)cc1)c1nc2c(Cl)cccc2s1. The van der Waals surface area contributed by atoms with Crippen LogP contribution in [-0.4, -0.2) is 57.1 Å². The Morgan fingerprint density at radius 2 is 1.74 bits per heavy atom. The number of carbonyl (C=O) groups excluding carboxylic acids is 1. The van der Waals surface area contributed by atoms with Gasteiger partial charge in [-0.05, 0) is 50.5 Å². The van der Waals surface area contributed by atoms with Gasteiger partial charge in [-0.1, -0.05) is 29.0 Å². The Hall–Kier alpha value is -2.15. The van der Waals surface area contributed by atoms with Crippen molar-refractivity contribution in [1.82, 2.24) is 9.88 Å². The smallest absolute Gasteiger partial charge is 0.260 e. The molecule has 0 aliphatic heterocycles. The zero-order chi connectivity index (χ0) is 19.6. The maximum Gasteiger partial charge on any atom is 0.260 e. The van der Waals surface area contributed by atoms with Gasteiger partial charge in [0, 0.05) is 38.4 Å². The molecule has 0 aliphatic carbocycles. The summed E-state index contributed by atoms with van der Waals surface area (Å²) in [5.41, 5.74) is 2.44. The highest BCUT2D eigenvalue weighted by molar-refractivity contribution is 7.22. The summed E-state index contributed by atoms with van der Waals surface area (Å²) in [5, 5.41) is 1.27. The summed E-state index contributed by atoms with van der Waals surface area (Å²) in [5.74, 6) is -0.0580. The Balaban J connectivity index is 1.96. The Morgan fingerprint density at radius 1 is 1.04 bits per heavy atom. The van der Waals surface area contributed by atoms with Crippen LogP contribution in [0.4, 0.5) is 10.8 Å². The molecule has 1 amide bonds. The van der Waals surface area contributed by atoms with Crippen LogP contribution < -0.4 is 9.80 Å². The molecule has 2 aromatic carbocycles. The summed E-state index contributed by atoms with van der Waals surface area (Å²) in [6, 6.07) is 13.3. The van der Waals surface area contributed by atoms with Gasteiger partial charge in [-0.15, -0.1) is 0 Å². The number of hydrogen-bond donors (Lipinski definition) is 0. The number of carbonyl (C=O) groups is 1. The number of halogens is 1. The molecule has 0 saturated carbocycles. The number of nitrogens with zero attached hydrogens (tertiary/aromatic N) is 4. The van der Waals surface area contributed by atoms with Gasteiger partial charge in [0.15, 0.2) is 5.13 Å². The molecule has 0 spiro atoms. The lowest BCUT2D eigenvalue weighted by molar-refractivity contribution is 0.0985. The third-order valence-corrected chi connectivity index (χ3v) is 5.58. The second kappa shape index (κ2) is 8.25. The summed E-state index contributed by atoms with van der Waals surface area (Å²) in [6.07, 6.45) is 0. The fourth-order valence-corrected chi connectivity index (χ4v) is 3.95. The number of likely N-dealkylation sites (N-methyl/N-ethyl adjacent to an activating group) is 1. The Morgan fingerprint density at radius 3 is 2.33 bits per heavy atom. The molecule has 0 bridgehead atoms. The van der Waals surface area contributed by atoms with Crippen LogP contribution in [0.5, 0.6) is 0 Å². The number of aromatic nitrogens is 1. The van der Waals surface area contributed by atoms with E-state index in [-0.39, 0.29) is 5.91 Å². The molecule has 3 aromatic rings. The molecule has 0 radical (unpaired) electrons. The number of amides is 1. The number of fused-ring (bicyclic) bond motifs is 1. The number of thiazole rings is 1. The van der Waals surface area contributed by atoms with Crippen LogP contribution in [0.2, 0.25) is 5.02 Å². The second-order valence-corrected chi connectivity index (χ2v) is 8.20. The largest absolute Gasteiger partial charge is 0.378 e. The molecule has 0 unspecified atom stereocenters. The fraction of sp³-hybridized carbons (Fsp3) is 0.300. The van der Waals surface area contributed by atoms with E-state index in [1.165, 1.54) is 11.3 Å². The Bertz CT molecular complexity index is 937. The van der Waals surface area contributed by atoms with E-state index in [9.17, 15) is 4.79 Å². The first-order valence-electron chi connectivity index (χ1n) is 8.66. The molecule has 1 heterocycles. The maximum atomic E-state index is 13.2. The third kappa shape index (κ3) is 4.40. The van der Waals surface area contributed by atoms with Crippen LogP contribution >= 0.6 is 22.9 Å². The van der Waals surface area contributed by atoms with Crippen molar-refractivity contribution in [2.75, 3.05) is 51.1 Å². The number of rotatable bonds is 6. The molecule has 1 aromatic heterocycles. The first kappa shape index (κ1) is 19.6. The summed E-state index contributed by atoms with van der Waals surface area (Å²) < 4.78 is 0.975. The topological polar surface area (TPSA) is 39.7 Å². The van der Waals surface area contributed by atoms with Gasteiger partial charge in [0.05, 0.1) is 9.72 Å². The quantitative estimate of drug-likeness (QED) is 0.618. The van der Waals surface area contributed by atoms with Crippen molar-refractivity contribution >= 4 is 49.9 Å². The lowest BCUT2D eigenvalue weighted by Crippen LogP contribution is -2.36. The van der Waals surface area contributed by atoms with Crippen molar-refractivity contribution in [3.8, 4) is 0 Å². The Kier molecular flexibility index (Phi) is 5.99. The highest BCUT2D eigenvalue weighted by atomic mass is 35.5. The third-order valence-electron chi connectivity index (χ3n) is 4.24. The average molecular weight is 403 g/mol. The van der Waals surface area contributed by atoms with Gasteiger partial charge >= 0.3 is 0 Å². The molecule has 5 nitrogen and oxygen atoms in total. The van der Waals surface area contributed by atoms with E-state index in [1.807, 2.05) is 75.6 Å². The first-order chi connectivity index (χ1) is 12.9. The molecule has 0 saturated heterocycles.